The summed E-state index contributed by atoms with van der Waals surface area (Å²) in [5, 5.41) is 6.26. The fourth-order valence-corrected chi connectivity index (χ4v) is 2.64. The number of anilines is 1. The molecule has 0 unspecified atom stereocenters. The second kappa shape index (κ2) is 8.52. The van der Waals surface area contributed by atoms with Crippen LogP contribution in [0.25, 0.3) is 0 Å². The van der Waals surface area contributed by atoms with E-state index in [4.69, 9.17) is 23.2 Å². The summed E-state index contributed by atoms with van der Waals surface area (Å²) >= 11 is 12.2. The molecule has 0 aromatic heterocycles. The molecular formula is C18H16Cl2N2O2. The molecule has 0 spiro atoms. The molecule has 2 amide bonds. The van der Waals surface area contributed by atoms with E-state index in [1.165, 1.54) is 0 Å². The zero-order chi connectivity index (χ0) is 17.5. The molecule has 24 heavy (non-hydrogen) atoms. The van der Waals surface area contributed by atoms with Crippen LogP contribution < -0.4 is 10.6 Å². The molecule has 0 aliphatic carbocycles. The molecule has 0 fully saturated rings. The fourth-order valence-electron chi connectivity index (χ4n) is 2.11. The van der Waals surface area contributed by atoms with Gasteiger partial charge in [-0.25, -0.2) is 0 Å². The topological polar surface area (TPSA) is 58.2 Å². The molecule has 0 atom stereocenters. The molecule has 6 heteroatoms. The number of amides is 2. The van der Waals surface area contributed by atoms with Crippen LogP contribution in [0.3, 0.4) is 0 Å². The Kier molecular flexibility index (Phi) is 6.41. The number of rotatable bonds is 6. The third kappa shape index (κ3) is 4.60. The minimum absolute atomic E-state index is 0.0150. The van der Waals surface area contributed by atoms with Gasteiger partial charge in [-0.3, -0.25) is 9.59 Å². The maximum Gasteiger partial charge on any atom is 0.253 e. The second-order valence-corrected chi connectivity index (χ2v) is 5.78. The van der Waals surface area contributed by atoms with Crippen LogP contribution in [-0.4, -0.2) is 18.4 Å². The Morgan fingerprint density at radius 1 is 1.04 bits per heavy atom. The van der Waals surface area contributed by atoms with Crippen LogP contribution in [0.1, 0.15) is 15.9 Å². The first-order chi connectivity index (χ1) is 11.5. The first-order valence-corrected chi connectivity index (χ1v) is 7.99. The van der Waals surface area contributed by atoms with Gasteiger partial charge in [-0.1, -0.05) is 47.5 Å². The number of carbonyl (C=O) groups is 2. The van der Waals surface area contributed by atoms with Crippen molar-refractivity contribution in [1.82, 2.24) is 5.32 Å². The highest BCUT2D eigenvalue weighted by atomic mass is 35.5. The van der Waals surface area contributed by atoms with E-state index in [9.17, 15) is 9.59 Å². The summed E-state index contributed by atoms with van der Waals surface area (Å²) in [4.78, 5) is 24.4. The smallest absolute Gasteiger partial charge is 0.253 e. The molecule has 0 saturated heterocycles. The first kappa shape index (κ1) is 18.0. The Bertz CT molecular complexity index is 755. The second-order valence-electron chi connectivity index (χ2n) is 4.97. The third-order valence-corrected chi connectivity index (χ3v) is 3.96. The Morgan fingerprint density at radius 3 is 2.38 bits per heavy atom. The highest BCUT2D eigenvalue weighted by Gasteiger charge is 2.15. The maximum absolute atomic E-state index is 12.3. The van der Waals surface area contributed by atoms with Crippen LogP contribution in [0.15, 0.2) is 55.1 Å². The molecule has 2 rings (SSSR count). The quantitative estimate of drug-likeness (QED) is 0.760. The first-order valence-electron chi connectivity index (χ1n) is 7.23. The van der Waals surface area contributed by atoms with E-state index < -0.39 is 0 Å². The van der Waals surface area contributed by atoms with Gasteiger partial charge in [0.25, 0.3) is 5.91 Å². The number of hydrogen-bond acceptors (Lipinski definition) is 2. The summed E-state index contributed by atoms with van der Waals surface area (Å²) in [5.74, 6) is -0.601. The zero-order valence-corrected chi connectivity index (χ0v) is 14.3. The number of nitrogens with one attached hydrogen (secondary N) is 2. The molecule has 0 aliphatic heterocycles. The van der Waals surface area contributed by atoms with Crippen LogP contribution >= 0.6 is 23.2 Å². The van der Waals surface area contributed by atoms with Crippen molar-refractivity contribution in [3.63, 3.8) is 0 Å². The Hall–Kier alpha value is -2.30. The van der Waals surface area contributed by atoms with Crippen LogP contribution in [0.2, 0.25) is 10.0 Å². The summed E-state index contributed by atoms with van der Waals surface area (Å²) in [6.45, 7) is 3.89. The van der Waals surface area contributed by atoms with Crippen LogP contribution in [-0.2, 0) is 11.2 Å². The highest BCUT2D eigenvalue weighted by molar-refractivity contribution is 6.36. The van der Waals surface area contributed by atoms with Crippen molar-refractivity contribution < 1.29 is 9.59 Å². The van der Waals surface area contributed by atoms with Crippen molar-refractivity contribution >= 4 is 40.7 Å². The van der Waals surface area contributed by atoms with E-state index in [2.05, 4.69) is 17.2 Å². The number of hydrogen-bond donors (Lipinski definition) is 2. The Labute approximate surface area is 150 Å². The largest absolute Gasteiger partial charge is 0.349 e. The predicted molar refractivity (Wildman–Crippen MR) is 97.8 cm³/mol. The monoisotopic (exact) mass is 362 g/mol. The molecule has 0 bridgehead atoms. The standard InChI is InChI=1S/C18H16Cl2N2O2/c1-2-10-21-18(24)12-6-3-4-9-16(12)22-17(23)11-13-14(19)7-5-8-15(13)20/h2-9H,1,10-11H2,(H,21,24)(H,22,23). The predicted octanol–water partition coefficient (Wildman–Crippen LogP) is 4.09. The van der Waals surface area contributed by atoms with Gasteiger partial charge >= 0.3 is 0 Å². The van der Waals surface area contributed by atoms with Crippen LogP contribution in [0.5, 0.6) is 0 Å². The summed E-state index contributed by atoms with van der Waals surface area (Å²) in [7, 11) is 0. The molecule has 4 nitrogen and oxygen atoms in total. The minimum atomic E-state index is -0.311. The van der Waals surface area contributed by atoms with Gasteiger partial charge in [-0.05, 0) is 29.8 Å². The lowest BCUT2D eigenvalue weighted by molar-refractivity contribution is -0.115. The number of carbonyl (C=O) groups excluding carboxylic acids is 2. The lowest BCUT2D eigenvalue weighted by atomic mass is 10.1. The molecule has 2 aromatic carbocycles. The maximum atomic E-state index is 12.3. The molecule has 0 heterocycles. The summed E-state index contributed by atoms with van der Waals surface area (Å²) in [6, 6.07) is 11.8. The molecule has 2 N–H and O–H groups in total. The average molecular weight is 363 g/mol. The van der Waals surface area contributed by atoms with Crippen LogP contribution in [0, 0.1) is 0 Å². The Morgan fingerprint density at radius 2 is 1.71 bits per heavy atom. The van der Waals surface area contributed by atoms with Crippen LogP contribution in [0.4, 0.5) is 5.69 Å². The number of para-hydroxylation sites is 1. The highest BCUT2D eigenvalue weighted by Crippen LogP contribution is 2.25. The Balaban J connectivity index is 2.15. The van der Waals surface area contributed by atoms with E-state index in [0.29, 0.717) is 33.4 Å². The molecule has 0 saturated carbocycles. The van der Waals surface area contributed by atoms with Gasteiger partial charge in [0, 0.05) is 16.6 Å². The van der Waals surface area contributed by atoms with Crippen molar-refractivity contribution in [3.8, 4) is 0 Å². The van der Waals surface area contributed by atoms with E-state index in [-0.39, 0.29) is 18.2 Å². The lowest BCUT2D eigenvalue weighted by Crippen LogP contribution is -2.25. The van der Waals surface area contributed by atoms with Gasteiger partial charge in [0.1, 0.15) is 0 Å². The molecule has 124 valence electrons. The third-order valence-electron chi connectivity index (χ3n) is 3.25. The van der Waals surface area contributed by atoms with E-state index in [1.807, 2.05) is 0 Å². The molecule has 0 aliphatic rings. The lowest BCUT2D eigenvalue weighted by Gasteiger charge is -2.12. The van der Waals surface area contributed by atoms with Crippen molar-refractivity contribution in [3.05, 3.63) is 76.3 Å². The van der Waals surface area contributed by atoms with Gasteiger partial charge in [0.15, 0.2) is 0 Å². The number of benzene rings is 2. The summed E-state index contributed by atoms with van der Waals surface area (Å²) in [6.07, 6.45) is 1.60. The van der Waals surface area contributed by atoms with Gasteiger partial charge < -0.3 is 10.6 Å². The van der Waals surface area contributed by atoms with Crippen molar-refractivity contribution in [1.29, 1.82) is 0 Å². The van der Waals surface area contributed by atoms with Crippen molar-refractivity contribution in [2.24, 2.45) is 0 Å². The molecular weight excluding hydrogens is 347 g/mol. The summed E-state index contributed by atoms with van der Waals surface area (Å²) in [5.41, 5.74) is 1.34. The van der Waals surface area contributed by atoms with Gasteiger partial charge in [-0.15, -0.1) is 6.58 Å². The number of halogens is 2. The molecule has 2 aromatic rings. The van der Waals surface area contributed by atoms with Gasteiger partial charge in [0.05, 0.1) is 17.7 Å². The van der Waals surface area contributed by atoms with Gasteiger partial charge in [-0.2, -0.15) is 0 Å². The van der Waals surface area contributed by atoms with Crippen molar-refractivity contribution in [2.75, 3.05) is 11.9 Å². The zero-order valence-electron chi connectivity index (χ0n) is 12.8. The normalized spacial score (nSPS) is 10.1. The minimum Gasteiger partial charge on any atom is -0.349 e. The summed E-state index contributed by atoms with van der Waals surface area (Å²) < 4.78 is 0. The van der Waals surface area contributed by atoms with E-state index in [0.717, 1.165) is 0 Å². The van der Waals surface area contributed by atoms with E-state index >= 15 is 0 Å². The fraction of sp³-hybridized carbons (Fsp3) is 0.111. The average Bonchev–Trinajstić information content (AvgIpc) is 2.56. The van der Waals surface area contributed by atoms with Gasteiger partial charge in [0.2, 0.25) is 5.91 Å². The molecule has 0 radical (unpaired) electrons. The SMILES string of the molecule is C=CCNC(=O)c1ccccc1NC(=O)Cc1c(Cl)cccc1Cl. The van der Waals surface area contributed by atoms with E-state index in [1.54, 1.807) is 48.5 Å². The van der Waals surface area contributed by atoms with Crippen molar-refractivity contribution in [2.45, 2.75) is 6.42 Å².